The van der Waals surface area contributed by atoms with Gasteiger partial charge in [0.05, 0.1) is 0 Å². The topological polar surface area (TPSA) is 120 Å². The van der Waals surface area contributed by atoms with E-state index >= 15 is 0 Å². The van der Waals surface area contributed by atoms with E-state index in [0.29, 0.717) is 17.0 Å². The largest absolute Gasteiger partial charge is 0.347 e. The van der Waals surface area contributed by atoms with Crippen LogP contribution in [-0.4, -0.2) is 52.4 Å². The highest BCUT2D eigenvalue weighted by atomic mass is 19.1. The highest BCUT2D eigenvalue weighted by Gasteiger charge is 2.19. The molecule has 10 nitrogen and oxygen atoms in total. The number of hydrogen-bond acceptors (Lipinski definition) is 6. The minimum Gasteiger partial charge on any atom is -0.347 e. The van der Waals surface area contributed by atoms with Gasteiger partial charge in [0.2, 0.25) is 0 Å². The average molecular weight is 691 g/mol. The zero-order valence-electron chi connectivity index (χ0n) is 29.6. The van der Waals surface area contributed by atoms with Crippen LogP contribution in [0.2, 0.25) is 0 Å². The van der Waals surface area contributed by atoms with Gasteiger partial charge in [-0.3, -0.25) is 18.7 Å². The predicted octanol–water partition coefficient (Wildman–Crippen LogP) is 7.51. The molecule has 6 rings (SSSR count). The number of aryl methyl sites for hydroxylation is 1. The molecular formula is C39H40F2N8O2. The SMILES string of the molecule is CC(C)(C)NC(=O)c1cc(-c2ccc(F)cc2)cc(-n2cnnc2)c1.Cc1nncn1-c1cc(C(=O)NC(C)(C)C)cc(-c2ccc(F)cc2)c1. The van der Waals surface area contributed by atoms with E-state index in [1.165, 1.54) is 24.3 Å². The van der Waals surface area contributed by atoms with Crippen LogP contribution in [0.25, 0.3) is 33.6 Å². The molecule has 0 aliphatic heterocycles. The van der Waals surface area contributed by atoms with Crippen LogP contribution in [0.5, 0.6) is 0 Å². The summed E-state index contributed by atoms with van der Waals surface area (Å²) in [6, 6.07) is 23.4. The molecule has 12 heteroatoms. The summed E-state index contributed by atoms with van der Waals surface area (Å²) in [6.45, 7) is 13.4. The van der Waals surface area contributed by atoms with Crippen LogP contribution in [0.1, 0.15) is 68.1 Å². The zero-order chi connectivity index (χ0) is 36.9. The van der Waals surface area contributed by atoms with Crippen LogP contribution < -0.4 is 10.6 Å². The van der Waals surface area contributed by atoms with Crippen LogP contribution in [0.15, 0.2) is 104 Å². The molecule has 2 amide bonds. The summed E-state index contributed by atoms with van der Waals surface area (Å²) in [5, 5.41) is 21.5. The Bertz CT molecular complexity index is 2130. The number of carbonyl (C=O) groups is 2. The summed E-state index contributed by atoms with van der Waals surface area (Å²) in [7, 11) is 0. The van der Waals surface area contributed by atoms with Gasteiger partial charge in [-0.25, -0.2) is 8.78 Å². The second kappa shape index (κ2) is 14.8. The predicted molar refractivity (Wildman–Crippen MR) is 193 cm³/mol. The number of hydrogen-bond donors (Lipinski definition) is 2. The molecule has 51 heavy (non-hydrogen) atoms. The fraction of sp³-hybridized carbons (Fsp3) is 0.231. The van der Waals surface area contributed by atoms with Gasteiger partial charge in [0, 0.05) is 33.6 Å². The molecule has 2 N–H and O–H groups in total. The first-order chi connectivity index (χ1) is 24.0. The van der Waals surface area contributed by atoms with Crippen LogP contribution in [-0.2, 0) is 0 Å². The third-order valence-corrected chi connectivity index (χ3v) is 7.41. The number of rotatable bonds is 6. The molecule has 4 aromatic carbocycles. The van der Waals surface area contributed by atoms with E-state index in [-0.39, 0.29) is 34.5 Å². The van der Waals surface area contributed by atoms with E-state index in [4.69, 9.17) is 0 Å². The van der Waals surface area contributed by atoms with Crippen molar-refractivity contribution >= 4 is 11.8 Å². The molecule has 6 aromatic rings. The van der Waals surface area contributed by atoms with Crippen LogP contribution in [0.4, 0.5) is 8.78 Å². The average Bonchev–Trinajstić information content (AvgIpc) is 3.76. The Morgan fingerprint density at radius 3 is 1.41 bits per heavy atom. The van der Waals surface area contributed by atoms with E-state index in [9.17, 15) is 18.4 Å². The quantitative estimate of drug-likeness (QED) is 0.187. The minimum absolute atomic E-state index is 0.173. The van der Waals surface area contributed by atoms with Crippen molar-refractivity contribution in [3.8, 4) is 33.6 Å². The molecule has 2 aromatic heterocycles. The normalized spacial score (nSPS) is 11.4. The Hall–Kier alpha value is -6.04. The first-order valence-corrected chi connectivity index (χ1v) is 16.2. The van der Waals surface area contributed by atoms with Crippen molar-refractivity contribution in [3.05, 3.63) is 132 Å². The summed E-state index contributed by atoms with van der Waals surface area (Å²) < 4.78 is 30.0. The number of nitrogens with zero attached hydrogens (tertiary/aromatic N) is 6. The van der Waals surface area contributed by atoms with Crippen molar-refractivity contribution in [2.45, 2.75) is 59.5 Å². The number of aromatic nitrogens is 6. The Morgan fingerprint density at radius 1 is 0.569 bits per heavy atom. The van der Waals surface area contributed by atoms with Gasteiger partial charge in [-0.05, 0) is 131 Å². The van der Waals surface area contributed by atoms with E-state index in [1.54, 1.807) is 76.6 Å². The highest BCUT2D eigenvalue weighted by Crippen LogP contribution is 2.27. The van der Waals surface area contributed by atoms with Gasteiger partial charge in [-0.1, -0.05) is 24.3 Å². The molecular weight excluding hydrogens is 650 g/mol. The molecule has 0 aliphatic carbocycles. The van der Waals surface area contributed by atoms with Gasteiger partial charge < -0.3 is 10.6 Å². The molecule has 0 unspecified atom stereocenters. The Kier molecular flexibility index (Phi) is 10.5. The lowest BCUT2D eigenvalue weighted by molar-refractivity contribution is 0.0910. The van der Waals surface area contributed by atoms with Crippen LogP contribution >= 0.6 is 0 Å². The van der Waals surface area contributed by atoms with Gasteiger partial charge in [-0.15, -0.1) is 20.4 Å². The van der Waals surface area contributed by atoms with Crippen molar-refractivity contribution < 1.29 is 18.4 Å². The fourth-order valence-corrected chi connectivity index (χ4v) is 5.10. The fourth-order valence-electron chi connectivity index (χ4n) is 5.10. The molecule has 0 bridgehead atoms. The number of benzene rings is 4. The Balaban J connectivity index is 0.000000198. The number of carbonyl (C=O) groups excluding carboxylic acids is 2. The number of nitrogens with one attached hydrogen (secondary N) is 2. The summed E-state index contributed by atoms with van der Waals surface area (Å²) in [5.74, 6) is -0.239. The van der Waals surface area contributed by atoms with Gasteiger partial charge in [0.1, 0.15) is 36.4 Å². The lowest BCUT2D eigenvalue weighted by Crippen LogP contribution is -2.40. The molecule has 0 spiro atoms. The Labute approximate surface area is 295 Å². The van der Waals surface area contributed by atoms with Crippen LogP contribution in [0.3, 0.4) is 0 Å². The zero-order valence-corrected chi connectivity index (χ0v) is 29.6. The van der Waals surface area contributed by atoms with Gasteiger partial charge in [-0.2, -0.15) is 0 Å². The first-order valence-electron chi connectivity index (χ1n) is 16.2. The van der Waals surface area contributed by atoms with Gasteiger partial charge in [0.25, 0.3) is 11.8 Å². The lowest BCUT2D eigenvalue weighted by atomic mass is 10.0. The third kappa shape index (κ3) is 9.78. The molecule has 0 aliphatic rings. The summed E-state index contributed by atoms with van der Waals surface area (Å²) in [4.78, 5) is 25.3. The molecule has 0 fully saturated rings. The highest BCUT2D eigenvalue weighted by molar-refractivity contribution is 5.97. The lowest BCUT2D eigenvalue weighted by Gasteiger charge is -2.21. The van der Waals surface area contributed by atoms with E-state index in [1.807, 2.05) is 60.6 Å². The second-order valence-corrected chi connectivity index (χ2v) is 14.1. The maximum atomic E-state index is 13.3. The minimum atomic E-state index is -0.352. The van der Waals surface area contributed by atoms with Crippen molar-refractivity contribution in [1.82, 2.24) is 40.2 Å². The van der Waals surface area contributed by atoms with E-state index < -0.39 is 0 Å². The standard InChI is InChI=1S/C20H21FN4O.C19H19FN4O/c1-13-24-22-12-25(13)18-10-15(14-5-7-17(21)8-6-14)9-16(11-18)19(26)23-20(2,3)4;1-19(2,3)23-18(25)15-8-14(13-4-6-16(20)7-5-13)9-17(10-15)24-11-21-22-12-24/h5-12H,1-4H3,(H,23,26);4-12H,1-3H3,(H,23,25). The third-order valence-electron chi connectivity index (χ3n) is 7.41. The van der Waals surface area contributed by atoms with E-state index in [0.717, 1.165) is 33.6 Å². The van der Waals surface area contributed by atoms with Gasteiger partial charge in [0.15, 0.2) is 0 Å². The monoisotopic (exact) mass is 690 g/mol. The van der Waals surface area contributed by atoms with Crippen molar-refractivity contribution in [1.29, 1.82) is 0 Å². The molecule has 262 valence electrons. The number of halogens is 2. The van der Waals surface area contributed by atoms with Crippen molar-refractivity contribution in [3.63, 3.8) is 0 Å². The molecule has 0 saturated carbocycles. The molecule has 0 atom stereocenters. The van der Waals surface area contributed by atoms with Crippen LogP contribution in [0, 0.1) is 18.6 Å². The first kappa shape index (κ1) is 36.2. The maximum absolute atomic E-state index is 13.3. The van der Waals surface area contributed by atoms with Crippen molar-refractivity contribution in [2.75, 3.05) is 0 Å². The van der Waals surface area contributed by atoms with Gasteiger partial charge >= 0.3 is 0 Å². The second-order valence-electron chi connectivity index (χ2n) is 14.1. The smallest absolute Gasteiger partial charge is 0.251 e. The maximum Gasteiger partial charge on any atom is 0.251 e. The van der Waals surface area contributed by atoms with Crippen molar-refractivity contribution in [2.24, 2.45) is 0 Å². The molecule has 2 heterocycles. The number of amides is 2. The summed E-state index contributed by atoms with van der Waals surface area (Å²) in [6.07, 6.45) is 4.73. The Morgan fingerprint density at radius 2 is 1.00 bits per heavy atom. The molecule has 0 saturated heterocycles. The summed E-state index contributed by atoms with van der Waals surface area (Å²) >= 11 is 0. The molecule has 0 radical (unpaired) electrons. The summed E-state index contributed by atoms with van der Waals surface area (Å²) in [5.41, 5.74) is 5.13. The van der Waals surface area contributed by atoms with E-state index in [2.05, 4.69) is 31.0 Å².